The molecule has 3 rings (SSSR count). The Labute approximate surface area is 170 Å². The molecule has 1 aromatic heterocycles. The van der Waals surface area contributed by atoms with E-state index >= 15 is 0 Å². The smallest absolute Gasteiger partial charge is 0.230 e. The number of hydrogen-bond acceptors (Lipinski definition) is 4. The zero-order chi connectivity index (χ0) is 18.7. The number of aryl methyl sites for hydroxylation is 2. The van der Waals surface area contributed by atoms with E-state index in [1.807, 2.05) is 35.7 Å². The number of thioether (sulfide) groups is 1. The van der Waals surface area contributed by atoms with Gasteiger partial charge >= 0.3 is 0 Å². The van der Waals surface area contributed by atoms with E-state index in [0.29, 0.717) is 5.13 Å². The summed E-state index contributed by atoms with van der Waals surface area (Å²) in [5, 5.41) is 2.74. The Morgan fingerprint density at radius 2 is 2.00 bits per heavy atom. The molecule has 0 aliphatic heterocycles. The lowest BCUT2D eigenvalue weighted by molar-refractivity contribution is -0.115. The van der Waals surface area contributed by atoms with Crippen molar-refractivity contribution in [3.05, 3.63) is 69.1 Å². The molecule has 0 unspecified atom stereocenters. The first-order valence-corrected chi connectivity index (χ1v) is 10.8. The number of aromatic nitrogens is 1. The van der Waals surface area contributed by atoms with Crippen LogP contribution in [0.25, 0.3) is 0 Å². The topological polar surface area (TPSA) is 33.2 Å². The molecule has 0 radical (unpaired) electrons. The lowest BCUT2D eigenvalue weighted by atomic mass is 10.1. The van der Waals surface area contributed by atoms with Crippen LogP contribution in [0, 0.1) is 13.8 Å². The van der Waals surface area contributed by atoms with Crippen LogP contribution in [0.5, 0.6) is 0 Å². The molecule has 134 valence electrons. The van der Waals surface area contributed by atoms with E-state index in [4.69, 9.17) is 0 Å². The second-order valence-corrected chi connectivity index (χ2v) is 8.79. The molecule has 1 amide bonds. The third-order valence-electron chi connectivity index (χ3n) is 3.98. The lowest BCUT2D eigenvalue weighted by Crippen LogP contribution is -2.22. The molecule has 0 N–H and O–H groups in total. The first-order valence-electron chi connectivity index (χ1n) is 8.15. The second-order valence-electron chi connectivity index (χ2n) is 5.99. The predicted molar refractivity (Wildman–Crippen MR) is 115 cm³/mol. The minimum Gasteiger partial charge on any atom is -0.274 e. The number of halogens is 1. The van der Waals surface area contributed by atoms with Crippen LogP contribution in [0.3, 0.4) is 0 Å². The molecule has 0 fully saturated rings. The van der Waals surface area contributed by atoms with Crippen LogP contribution >= 0.6 is 39.0 Å². The number of carbonyl (C=O) groups excluding carboxylic acids is 1. The predicted octanol–water partition coefficient (Wildman–Crippen LogP) is 6.50. The Bertz CT molecular complexity index is 939. The molecule has 3 aromatic rings. The van der Waals surface area contributed by atoms with Crippen molar-refractivity contribution in [2.24, 2.45) is 0 Å². The number of thiazole rings is 1. The Balaban J connectivity index is 1.79. The molecule has 0 aliphatic rings. The first-order chi connectivity index (χ1) is 12.4. The van der Waals surface area contributed by atoms with Crippen LogP contribution in [-0.4, -0.2) is 10.9 Å². The van der Waals surface area contributed by atoms with Gasteiger partial charge in [-0.2, -0.15) is 0 Å². The van der Waals surface area contributed by atoms with E-state index in [1.165, 1.54) is 21.8 Å². The first kappa shape index (κ1) is 19.1. The SMILES string of the molecule is CC(=O)N(c1ccc(C)c(C)c1)c1nc(CSc2cccc(Br)c2)cs1. The highest BCUT2D eigenvalue weighted by Crippen LogP contribution is 2.32. The Morgan fingerprint density at radius 1 is 1.19 bits per heavy atom. The van der Waals surface area contributed by atoms with Crippen molar-refractivity contribution in [1.29, 1.82) is 0 Å². The zero-order valence-electron chi connectivity index (χ0n) is 14.8. The van der Waals surface area contributed by atoms with Crippen molar-refractivity contribution in [1.82, 2.24) is 4.98 Å². The van der Waals surface area contributed by atoms with Gasteiger partial charge in [-0.1, -0.05) is 28.1 Å². The third kappa shape index (κ3) is 4.55. The Hall–Kier alpha value is -1.63. The highest BCUT2D eigenvalue weighted by Gasteiger charge is 2.18. The number of hydrogen-bond donors (Lipinski definition) is 0. The molecule has 26 heavy (non-hydrogen) atoms. The second kappa shape index (κ2) is 8.37. The molecule has 0 spiro atoms. The number of carbonyl (C=O) groups is 1. The van der Waals surface area contributed by atoms with Gasteiger partial charge in [-0.15, -0.1) is 23.1 Å². The Kier molecular flexibility index (Phi) is 6.16. The average Bonchev–Trinajstić information content (AvgIpc) is 3.04. The quantitative estimate of drug-likeness (QED) is 0.419. The molecular weight excluding hydrogens is 428 g/mol. The summed E-state index contributed by atoms with van der Waals surface area (Å²) < 4.78 is 1.07. The molecule has 0 atom stereocenters. The molecule has 2 aromatic carbocycles. The summed E-state index contributed by atoms with van der Waals surface area (Å²) >= 11 is 6.73. The standard InChI is InChI=1S/C20H19BrN2OS2/c1-13-7-8-18(9-14(13)2)23(15(3)24)20-22-17(12-26-20)11-25-19-6-4-5-16(21)10-19/h4-10,12H,11H2,1-3H3. The van der Waals surface area contributed by atoms with Gasteiger partial charge in [0.05, 0.1) is 11.4 Å². The maximum atomic E-state index is 12.2. The number of rotatable bonds is 5. The average molecular weight is 447 g/mol. The lowest BCUT2D eigenvalue weighted by Gasteiger charge is -2.19. The molecule has 0 aliphatic carbocycles. The number of anilines is 2. The fraction of sp³-hybridized carbons (Fsp3) is 0.200. The van der Waals surface area contributed by atoms with Gasteiger partial charge in [-0.05, 0) is 55.3 Å². The van der Waals surface area contributed by atoms with E-state index in [1.54, 1.807) is 23.6 Å². The van der Waals surface area contributed by atoms with Crippen LogP contribution in [0.4, 0.5) is 10.8 Å². The molecule has 0 saturated heterocycles. The van der Waals surface area contributed by atoms with Crippen molar-refractivity contribution in [2.45, 2.75) is 31.4 Å². The van der Waals surface area contributed by atoms with Gasteiger partial charge in [-0.3, -0.25) is 9.69 Å². The van der Waals surface area contributed by atoms with Gasteiger partial charge in [0.2, 0.25) is 5.91 Å². The third-order valence-corrected chi connectivity index (χ3v) is 6.37. The maximum Gasteiger partial charge on any atom is 0.230 e. The van der Waals surface area contributed by atoms with Crippen molar-refractivity contribution in [3.63, 3.8) is 0 Å². The summed E-state index contributed by atoms with van der Waals surface area (Å²) in [6.45, 7) is 5.70. The summed E-state index contributed by atoms with van der Waals surface area (Å²) in [4.78, 5) is 19.8. The van der Waals surface area contributed by atoms with Gasteiger partial charge in [0.1, 0.15) is 0 Å². The van der Waals surface area contributed by atoms with Gasteiger partial charge < -0.3 is 0 Å². The van der Waals surface area contributed by atoms with Crippen LogP contribution < -0.4 is 4.90 Å². The zero-order valence-corrected chi connectivity index (χ0v) is 18.0. The Morgan fingerprint density at radius 3 is 2.69 bits per heavy atom. The van der Waals surface area contributed by atoms with Crippen LogP contribution in [0.15, 0.2) is 57.2 Å². The van der Waals surface area contributed by atoms with Crippen molar-refractivity contribution in [3.8, 4) is 0 Å². The summed E-state index contributed by atoms with van der Waals surface area (Å²) in [6, 6.07) is 14.3. The largest absolute Gasteiger partial charge is 0.274 e. The molecule has 0 bridgehead atoms. The fourth-order valence-electron chi connectivity index (χ4n) is 2.47. The number of amides is 1. The van der Waals surface area contributed by atoms with Gasteiger partial charge in [-0.25, -0.2) is 4.98 Å². The maximum absolute atomic E-state index is 12.2. The highest BCUT2D eigenvalue weighted by atomic mass is 79.9. The molecule has 1 heterocycles. The van der Waals surface area contributed by atoms with E-state index < -0.39 is 0 Å². The minimum atomic E-state index is -0.0335. The van der Waals surface area contributed by atoms with Crippen molar-refractivity contribution >= 4 is 55.8 Å². The summed E-state index contributed by atoms with van der Waals surface area (Å²) in [5.41, 5.74) is 4.21. The summed E-state index contributed by atoms with van der Waals surface area (Å²) in [5.74, 6) is 0.736. The minimum absolute atomic E-state index is 0.0335. The van der Waals surface area contributed by atoms with E-state index in [9.17, 15) is 4.79 Å². The van der Waals surface area contributed by atoms with E-state index in [-0.39, 0.29) is 5.91 Å². The van der Waals surface area contributed by atoms with Gasteiger partial charge in [0.25, 0.3) is 0 Å². The van der Waals surface area contributed by atoms with Crippen LogP contribution in [0.1, 0.15) is 23.7 Å². The molecule has 3 nitrogen and oxygen atoms in total. The summed E-state index contributed by atoms with van der Waals surface area (Å²) in [6.07, 6.45) is 0. The number of benzene rings is 2. The van der Waals surface area contributed by atoms with Crippen LogP contribution in [0.2, 0.25) is 0 Å². The molecule has 6 heteroatoms. The fourth-order valence-corrected chi connectivity index (χ4v) is 4.86. The van der Waals surface area contributed by atoms with Crippen molar-refractivity contribution < 1.29 is 4.79 Å². The molecule has 0 saturated carbocycles. The normalized spacial score (nSPS) is 10.8. The van der Waals surface area contributed by atoms with Crippen LogP contribution in [-0.2, 0) is 10.5 Å². The van der Waals surface area contributed by atoms with Gasteiger partial charge in [0.15, 0.2) is 5.13 Å². The molecular formula is C20H19BrN2OS2. The van der Waals surface area contributed by atoms with E-state index in [2.05, 4.69) is 46.9 Å². The van der Waals surface area contributed by atoms with E-state index in [0.717, 1.165) is 27.2 Å². The summed E-state index contributed by atoms with van der Waals surface area (Å²) in [7, 11) is 0. The van der Waals surface area contributed by atoms with Gasteiger partial charge in [0, 0.05) is 27.4 Å². The van der Waals surface area contributed by atoms with Crippen molar-refractivity contribution in [2.75, 3.05) is 4.90 Å². The highest BCUT2D eigenvalue weighted by molar-refractivity contribution is 9.10. The monoisotopic (exact) mass is 446 g/mol. The number of nitrogens with zero attached hydrogens (tertiary/aromatic N) is 2.